The van der Waals surface area contributed by atoms with Crippen molar-refractivity contribution in [3.05, 3.63) is 24.3 Å². The van der Waals surface area contributed by atoms with Crippen LogP contribution in [0, 0.1) is 5.92 Å². The minimum Gasteiger partial charge on any atom is -0.368 e. The van der Waals surface area contributed by atoms with Crippen molar-refractivity contribution in [2.45, 2.75) is 43.6 Å². The molecule has 132 valence electrons. The van der Waals surface area contributed by atoms with Crippen LogP contribution in [0.1, 0.15) is 32.6 Å². The second kappa shape index (κ2) is 7.21. The van der Waals surface area contributed by atoms with Gasteiger partial charge in [0.25, 0.3) is 5.91 Å². The van der Waals surface area contributed by atoms with Crippen molar-refractivity contribution in [1.29, 1.82) is 0 Å². The highest BCUT2D eigenvalue weighted by atomic mass is 32.2. The van der Waals surface area contributed by atoms with Gasteiger partial charge in [-0.1, -0.05) is 6.92 Å². The van der Waals surface area contributed by atoms with E-state index in [0.717, 1.165) is 25.7 Å². The van der Waals surface area contributed by atoms with E-state index in [9.17, 15) is 13.2 Å². The Kier molecular flexibility index (Phi) is 5.22. The summed E-state index contributed by atoms with van der Waals surface area (Å²) in [7, 11) is -3.46. The third-order valence-corrected chi connectivity index (χ3v) is 6.48. The van der Waals surface area contributed by atoms with E-state index in [1.54, 1.807) is 28.6 Å². The molecule has 0 saturated carbocycles. The number of sulfonamides is 1. The van der Waals surface area contributed by atoms with Crippen LogP contribution in [0.3, 0.4) is 0 Å². The molecule has 2 fully saturated rings. The molecule has 1 amide bonds. The van der Waals surface area contributed by atoms with E-state index >= 15 is 0 Å². The number of nitrogens with zero attached hydrogens (tertiary/aromatic N) is 1. The number of hydrogen-bond acceptors (Lipinski definition) is 4. The maximum absolute atomic E-state index is 12.7. The average molecular weight is 352 g/mol. The molecule has 0 spiro atoms. The molecule has 1 aromatic rings. The highest BCUT2D eigenvalue weighted by Gasteiger charge is 2.29. The predicted octanol–water partition coefficient (Wildman–Crippen LogP) is 2.22. The zero-order valence-corrected chi connectivity index (χ0v) is 14.7. The number of ether oxygens (including phenoxy) is 1. The van der Waals surface area contributed by atoms with Gasteiger partial charge in [-0.3, -0.25) is 4.79 Å². The minimum absolute atomic E-state index is 0.173. The van der Waals surface area contributed by atoms with E-state index < -0.39 is 16.1 Å². The molecule has 2 aliphatic heterocycles. The van der Waals surface area contributed by atoms with Gasteiger partial charge in [-0.05, 0) is 55.9 Å². The summed E-state index contributed by atoms with van der Waals surface area (Å²) in [4.78, 5) is 12.3. The molecule has 0 aromatic heterocycles. The van der Waals surface area contributed by atoms with Crippen LogP contribution in [0.4, 0.5) is 5.69 Å². The van der Waals surface area contributed by atoms with Gasteiger partial charge < -0.3 is 10.1 Å². The number of amides is 1. The Labute approximate surface area is 143 Å². The van der Waals surface area contributed by atoms with Gasteiger partial charge in [-0.2, -0.15) is 4.31 Å². The molecule has 0 bridgehead atoms. The highest BCUT2D eigenvalue weighted by Crippen LogP contribution is 2.24. The minimum atomic E-state index is -3.46. The van der Waals surface area contributed by atoms with Crippen LogP contribution in [-0.4, -0.2) is 44.4 Å². The average Bonchev–Trinajstić information content (AvgIpc) is 3.10. The number of carbonyl (C=O) groups excluding carboxylic acids is 1. The largest absolute Gasteiger partial charge is 0.368 e. The summed E-state index contributed by atoms with van der Waals surface area (Å²) < 4.78 is 32.3. The lowest BCUT2D eigenvalue weighted by atomic mass is 10.0. The zero-order chi connectivity index (χ0) is 17.2. The van der Waals surface area contributed by atoms with E-state index in [1.807, 2.05) is 0 Å². The van der Waals surface area contributed by atoms with Crippen LogP contribution in [0.25, 0.3) is 0 Å². The Balaban J connectivity index is 1.68. The SMILES string of the molecule is C[C@H]1CCCN(S(=O)(=O)c2ccc(NC(=O)[C@H]3CCCO3)cc2)C1. The van der Waals surface area contributed by atoms with Gasteiger partial charge in [0, 0.05) is 25.4 Å². The Morgan fingerprint density at radius 2 is 1.96 bits per heavy atom. The number of nitrogens with one attached hydrogen (secondary N) is 1. The number of carbonyl (C=O) groups is 1. The van der Waals surface area contributed by atoms with E-state index in [0.29, 0.717) is 31.3 Å². The molecule has 24 heavy (non-hydrogen) atoms. The van der Waals surface area contributed by atoms with E-state index in [2.05, 4.69) is 12.2 Å². The summed E-state index contributed by atoms with van der Waals surface area (Å²) in [6.45, 7) is 3.83. The molecule has 2 aliphatic rings. The molecular weight excluding hydrogens is 328 g/mol. The predicted molar refractivity (Wildman–Crippen MR) is 91.2 cm³/mol. The Bertz CT molecular complexity index is 681. The van der Waals surface area contributed by atoms with Gasteiger partial charge >= 0.3 is 0 Å². The maximum atomic E-state index is 12.7. The topological polar surface area (TPSA) is 75.7 Å². The van der Waals surface area contributed by atoms with Gasteiger partial charge in [0.1, 0.15) is 6.10 Å². The summed E-state index contributed by atoms with van der Waals surface area (Å²) in [5.41, 5.74) is 0.585. The van der Waals surface area contributed by atoms with Crippen molar-refractivity contribution in [2.24, 2.45) is 5.92 Å². The van der Waals surface area contributed by atoms with Gasteiger partial charge in [-0.15, -0.1) is 0 Å². The lowest BCUT2D eigenvalue weighted by molar-refractivity contribution is -0.124. The first-order chi connectivity index (χ1) is 11.5. The molecule has 2 saturated heterocycles. The van der Waals surface area contributed by atoms with Crippen molar-refractivity contribution >= 4 is 21.6 Å². The Morgan fingerprint density at radius 1 is 1.21 bits per heavy atom. The van der Waals surface area contributed by atoms with E-state index in [-0.39, 0.29) is 10.8 Å². The molecule has 2 atom stereocenters. The molecule has 0 unspecified atom stereocenters. The third-order valence-electron chi connectivity index (χ3n) is 4.60. The van der Waals surface area contributed by atoms with Crippen LogP contribution in [0.5, 0.6) is 0 Å². The molecule has 3 rings (SSSR count). The Hall–Kier alpha value is -1.44. The number of rotatable bonds is 4. The Morgan fingerprint density at radius 3 is 2.58 bits per heavy atom. The van der Waals surface area contributed by atoms with Gasteiger partial charge in [-0.25, -0.2) is 8.42 Å². The van der Waals surface area contributed by atoms with Crippen LogP contribution in [0.15, 0.2) is 29.2 Å². The molecule has 1 N–H and O–H groups in total. The van der Waals surface area contributed by atoms with Crippen molar-refractivity contribution in [2.75, 3.05) is 25.0 Å². The van der Waals surface area contributed by atoms with Crippen molar-refractivity contribution < 1.29 is 17.9 Å². The molecule has 7 heteroatoms. The maximum Gasteiger partial charge on any atom is 0.253 e. The first-order valence-electron chi connectivity index (χ1n) is 8.49. The number of anilines is 1. The van der Waals surface area contributed by atoms with Crippen molar-refractivity contribution in [3.8, 4) is 0 Å². The van der Waals surface area contributed by atoms with E-state index in [4.69, 9.17) is 4.74 Å². The fraction of sp³-hybridized carbons (Fsp3) is 0.588. The van der Waals surface area contributed by atoms with Gasteiger partial charge in [0.2, 0.25) is 10.0 Å². The number of piperidine rings is 1. The van der Waals surface area contributed by atoms with Crippen LogP contribution in [-0.2, 0) is 19.6 Å². The number of hydrogen-bond donors (Lipinski definition) is 1. The zero-order valence-electron chi connectivity index (χ0n) is 13.9. The normalized spacial score (nSPS) is 25.5. The first kappa shape index (κ1) is 17.4. The highest BCUT2D eigenvalue weighted by molar-refractivity contribution is 7.89. The van der Waals surface area contributed by atoms with Crippen LogP contribution < -0.4 is 5.32 Å². The second-order valence-electron chi connectivity index (χ2n) is 6.63. The fourth-order valence-electron chi connectivity index (χ4n) is 3.23. The van der Waals surface area contributed by atoms with Crippen LogP contribution >= 0.6 is 0 Å². The third kappa shape index (κ3) is 3.79. The van der Waals surface area contributed by atoms with Gasteiger partial charge in [0.05, 0.1) is 4.90 Å². The lowest BCUT2D eigenvalue weighted by Gasteiger charge is -2.30. The van der Waals surface area contributed by atoms with Crippen molar-refractivity contribution in [3.63, 3.8) is 0 Å². The summed E-state index contributed by atoms with van der Waals surface area (Å²) >= 11 is 0. The standard InChI is InChI=1S/C17H24N2O4S/c1-13-4-2-10-19(12-13)24(21,22)15-8-6-14(7-9-15)18-17(20)16-5-3-11-23-16/h6-9,13,16H,2-5,10-12H2,1H3,(H,18,20)/t13-,16+/m0/s1. The molecular formula is C17H24N2O4S. The van der Waals surface area contributed by atoms with Gasteiger partial charge in [0.15, 0.2) is 0 Å². The monoisotopic (exact) mass is 352 g/mol. The quantitative estimate of drug-likeness (QED) is 0.901. The summed E-state index contributed by atoms with van der Waals surface area (Å²) in [6.07, 6.45) is 3.19. The second-order valence-corrected chi connectivity index (χ2v) is 8.56. The smallest absolute Gasteiger partial charge is 0.253 e. The number of benzene rings is 1. The summed E-state index contributed by atoms with van der Waals surface area (Å²) in [5.74, 6) is 0.214. The lowest BCUT2D eigenvalue weighted by Crippen LogP contribution is -2.39. The van der Waals surface area contributed by atoms with Crippen molar-refractivity contribution in [1.82, 2.24) is 4.31 Å². The summed E-state index contributed by atoms with van der Waals surface area (Å²) in [5, 5.41) is 2.78. The summed E-state index contributed by atoms with van der Waals surface area (Å²) in [6, 6.07) is 6.37. The molecule has 1 aromatic carbocycles. The van der Waals surface area contributed by atoms with Crippen LogP contribution in [0.2, 0.25) is 0 Å². The first-order valence-corrected chi connectivity index (χ1v) is 9.93. The molecule has 6 nitrogen and oxygen atoms in total. The van der Waals surface area contributed by atoms with E-state index in [1.165, 1.54) is 0 Å². The molecule has 2 heterocycles. The fourth-order valence-corrected chi connectivity index (χ4v) is 4.83. The molecule has 0 aliphatic carbocycles. The molecule has 0 radical (unpaired) electrons.